The molecule has 4 aromatic rings. The van der Waals surface area contributed by atoms with E-state index in [2.05, 4.69) is 47.6 Å². The Balaban J connectivity index is 0.00000280. The zero-order chi connectivity index (χ0) is 24.3. The first-order chi connectivity index (χ1) is 17.7. The van der Waals surface area contributed by atoms with E-state index < -0.39 is 0 Å². The molecular weight excluding hydrogens is 492 g/mol. The van der Waals surface area contributed by atoms with Crippen LogP contribution in [0.1, 0.15) is 18.4 Å². The molecule has 0 bridgehead atoms. The highest BCUT2D eigenvalue weighted by Gasteiger charge is 2.23. The number of piperazine rings is 1. The van der Waals surface area contributed by atoms with Crippen LogP contribution in [0, 0.1) is 5.92 Å². The summed E-state index contributed by atoms with van der Waals surface area (Å²) in [5.74, 6) is 2.62. The van der Waals surface area contributed by atoms with Crippen LogP contribution in [-0.4, -0.2) is 69.7 Å². The Bertz CT molecular complexity index is 1350. The highest BCUT2D eigenvalue weighted by molar-refractivity contribution is 5.85. The number of nitrogens with one attached hydrogen (secondary N) is 3. The molecule has 0 amide bonds. The summed E-state index contributed by atoms with van der Waals surface area (Å²) in [6, 6.07) is 10.5. The van der Waals surface area contributed by atoms with Gasteiger partial charge in [0.1, 0.15) is 11.5 Å². The molecule has 37 heavy (non-hydrogen) atoms. The number of pyridine rings is 1. The van der Waals surface area contributed by atoms with E-state index in [-0.39, 0.29) is 12.4 Å². The van der Waals surface area contributed by atoms with E-state index in [0.29, 0.717) is 35.9 Å². The maximum Gasteiger partial charge on any atom is 0.317 e. The van der Waals surface area contributed by atoms with Gasteiger partial charge in [0.05, 0.1) is 30.9 Å². The highest BCUT2D eigenvalue weighted by Crippen LogP contribution is 2.32. The Labute approximate surface area is 221 Å². The first-order valence-corrected chi connectivity index (χ1v) is 12.4. The Hall–Kier alpha value is -3.47. The number of benzene rings is 1. The third-order valence-corrected chi connectivity index (χ3v) is 6.54. The second-order valence-electron chi connectivity index (χ2n) is 9.34. The second-order valence-corrected chi connectivity index (χ2v) is 9.34. The summed E-state index contributed by atoms with van der Waals surface area (Å²) in [4.78, 5) is 23.9. The minimum Gasteiger partial charge on any atom is -0.493 e. The lowest BCUT2D eigenvalue weighted by atomic mass is 10.1. The smallest absolute Gasteiger partial charge is 0.317 e. The fourth-order valence-electron chi connectivity index (χ4n) is 4.36. The molecule has 0 atom stereocenters. The topological polar surface area (TPSA) is 113 Å². The lowest BCUT2D eigenvalue weighted by Gasteiger charge is -2.27. The van der Waals surface area contributed by atoms with Gasteiger partial charge >= 0.3 is 6.01 Å². The molecule has 0 radical (unpaired) electrons. The molecule has 1 aliphatic heterocycles. The van der Waals surface area contributed by atoms with Crippen molar-refractivity contribution < 1.29 is 9.47 Å². The monoisotopic (exact) mass is 522 g/mol. The zero-order valence-corrected chi connectivity index (χ0v) is 21.6. The van der Waals surface area contributed by atoms with Crippen LogP contribution in [0.15, 0.2) is 42.7 Å². The maximum atomic E-state index is 5.79. The van der Waals surface area contributed by atoms with Gasteiger partial charge in [0.15, 0.2) is 5.75 Å². The molecule has 2 fully saturated rings. The van der Waals surface area contributed by atoms with E-state index in [4.69, 9.17) is 14.5 Å². The first-order valence-electron chi connectivity index (χ1n) is 12.4. The molecule has 3 N–H and O–H groups in total. The number of rotatable bonds is 9. The van der Waals surface area contributed by atoms with Crippen LogP contribution >= 0.6 is 12.4 Å². The molecule has 11 heteroatoms. The molecule has 6 rings (SSSR count). The van der Waals surface area contributed by atoms with Crippen molar-refractivity contribution in [1.29, 1.82) is 0 Å². The summed E-state index contributed by atoms with van der Waals surface area (Å²) < 4.78 is 11.3. The average Bonchev–Trinajstić information content (AvgIpc) is 3.66. The van der Waals surface area contributed by atoms with Crippen LogP contribution in [0.2, 0.25) is 0 Å². The number of methoxy groups -OCH3 is 1. The van der Waals surface area contributed by atoms with Gasteiger partial charge in [0.2, 0.25) is 5.95 Å². The zero-order valence-electron chi connectivity index (χ0n) is 20.7. The lowest BCUT2D eigenvalue weighted by Crippen LogP contribution is -2.42. The number of anilines is 2. The molecule has 1 saturated heterocycles. The molecule has 1 saturated carbocycles. The van der Waals surface area contributed by atoms with Crippen LogP contribution < -0.4 is 20.1 Å². The molecule has 0 spiro atoms. The standard InChI is InChI=1S/C26H30N8O2.ClH/c1-35-22-14-29-26(36-16-17-2-3-17)33-24(22)19-4-5-20-21(13-19)31-25(30-20)32-23-12-18(6-7-28-23)15-34-10-8-27-9-11-34;/h4-7,12-14,17,27H,2-3,8-11,15-16H2,1H3,(H2,28,30,31,32);1H. The third-order valence-electron chi connectivity index (χ3n) is 6.54. The normalized spacial score (nSPS) is 15.8. The molecule has 3 aromatic heterocycles. The van der Waals surface area contributed by atoms with Gasteiger partial charge in [-0.2, -0.15) is 9.97 Å². The van der Waals surface area contributed by atoms with E-state index in [0.717, 1.165) is 55.1 Å². The molecular formula is C26H31ClN8O2. The van der Waals surface area contributed by atoms with Gasteiger partial charge in [0.25, 0.3) is 0 Å². The molecule has 4 heterocycles. The van der Waals surface area contributed by atoms with Crippen molar-refractivity contribution >= 4 is 35.2 Å². The maximum absolute atomic E-state index is 5.79. The van der Waals surface area contributed by atoms with Crippen molar-refractivity contribution in [3.8, 4) is 23.0 Å². The Kier molecular flexibility index (Phi) is 7.68. The predicted octanol–water partition coefficient (Wildman–Crippen LogP) is 3.78. The summed E-state index contributed by atoms with van der Waals surface area (Å²) >= 11 is 0. The Morgan fingerprint density at radius 2 is 1.95 bits per heavy atom. The Morgan fingerprint density at radius 3 is 2.76 bits per heavy atom. The number of halogens is 1. The summed E-state index contributed by atoms with van der Waals surface area (Å²) in [7, 11) is 1.62. The van der Waals surface area contributed by atoms with E-state index in [1.165, 1.54) is 18.4 Å². The first kappa shape index (κ1) is 25.2. The minimum atomic E-state index is 0. The SMILES string of the molecule is COc1cnc(OCC2CC2)nc1-c1ccc2nc(Nc3cc(CN4CCNCC4)ccn3)[nH]c2c1.Cl. The molecule has 10 nitrogen and oxygen atoms in total. The number of imidazole rings is 1. The van der Waals surface area contributed by atoms with Crippen LogP contribution in [0.25, 0.3) is 22.3 Å². The number of aromatic nitrogens is 5. The van der Waals surface area contributed by atoms with Crippen LogP contribution in [0.4, 0.5) is 11.8 Å². The largest absolute Gasteiger partial charge is 0.493 e. The molecule has 0 unspecified atom stereocenters. The van der Waals surface area contributed by atoms with Crippen molar-refractivity contribution in [3.05, 3.63) is 48.3 Å². The van der Waals surface area contributed by atoms with Crippen molar-refractivity contribution in [3.63, 3.8) is 0 Å². The van der Waals surface area contributed by atoms with Crippen molar-refractivity contribution in [2.45, 2.75) is 19.4 Å². The second kappa shape index (κ2) is 11.3. The number of hydrogen-bond acceptors (Lipinski definition) is 9. The molecule has 194 valence electrons. The number of H-pyrrole nitrogens is 1. The van der Waals surface area contributed by atoms with Gasteiger partial charge in [-0.1, -0.05) is 6.07 Å². The van der Waals surface area contributed by atoms with Crippen molar-refractivity contribution in [1.82, 2.24) is 35.1 Å². The van der Waals surface area contributed by atoms with Crippen LogP contribution in [0.3, 0.4) is 0 Å². The van der Waals surface area contributed by atoms with E-state index in [1.54, 1.807) is 13.3 Å². The van der Waals surface area contributed by atoms with Crippen LogP contribution in [0.5, 0.6) is 11.8 Å². The van der Waals surface area contributed by atoms with Crippen molar-refractivity contribution in [2.75, 3.05) is 45.2 Å². The van der Waals surface area contributed by atoms with Gasteiger partial charge in [-0.05, 0) is 48.6 Å². The molecule has 2 aliphatic rings. The number of nitrogens with zero attached hydrogens (tertiary/aromatic N) is 5. The average molecular weight is 523 g/mol. The fourth-order valence-corrected chi connectivity index (χ4v) is 4.36. The molecule has 1 aromatic carbocycles. The van der Waals surface area contributed by atoms with E-state index in [9.17, 15) is 0 Å². The quantitative estimate of drug-likeness (QED) is 0.302. The van der Waals surface area contributed by atoms with Gasteiger partial charge in [-0.3, -0.25) is 4.90 Å². The summed E-state index contributed by atoms with van der Waals surface area (Å²) in [5, 5.41) is 6.71. The third kappa shape index (κ3) is 6.10. The van der Waals surface area contributed by atoms with Crippen molar-refractivity contribution in [2.24, 2.45) is 5.92 Å². The highest BCUT2D eigenvalue weighted by atomic mass is 35.5. The molecule has 1 aliphatic carbocycles. The fraction of sp³-hybridized carbons (Fsp3) is 0.385. The van der Waals surface area contributed by atoms with Gasteiger partial charge in [-0.15, -0.1) is 12.4 Å². The predicted molar refractivity (Wildman–Crippen MR) is 145 cm³/mol. The Morgan fingerprint density at radius 1 is 1.08 bits per heavy atom. The summed E-state index contributed by atoms with van der Waals surface area (Å²) in [5.41, 5.74) is 4.53. The number of ether oxygens (including phenoxy) is 2. The van der Waals surface area contributed by atoms with Gasteiger partial charge in [0, 0.05) is 44.5 Å². The van der Waals surface area contributed by atoms with Gasteiger partial charge in [-0.25, -0.2) is 9.97 Å². The number of aromatic amines is 1. The summed E-state index contributed by atoms with van der Waals surface area (Å²) in [6.07, 6.45) is 5.93. The van der Waals surface area contributed by atoms with E-state index in [1.807, 2.05) is 24.4 Å². The van der Waals surface area contributed by atoms with Crippen LogP contribution in [-0.2, 0) is 6.54 Å². The minimum absolute atomic E-state index is 0. The van der Waals surface area contributed by atoms with E-state index >= 15 is 0 Å². The van der Waals surface area contributed by atoms with Gasteiger partial charge < -0.3 is 25.1 Å². The number of fused-ring (bicyclic) bond motifs is 1. The lowest BCUT2D eigenvalue weighted by molar-refractivity contribution is 0.233. The summed E-state index contributed by atoms with van der Waals surface area (Å²) in [6.45, 7) is 5.75. The number of hydrogen-bond donors (Lipinski definition) is 3.